The van der Waals surface area contributed by atoms with Crippen LogP contribution in [0.2, 0.25) is 0 Å². The summed E-state index contributed by atoms with van der Waals surface area (Å²) in [5.74, 6) is -1.07. The van der Waals surface area contributed by atoms with E-state index in [1.54, 1.807) is 0 Å². The lowest BCUT2D eigenvalue weighted by Gasteiger charge is -2.19. The zero-order valence-corrected chi connectivity index (χ0v) is 39.4. The molecule has 0 heterocycles. The van der Waals surface area contributed by atoms with Gasteiger partial charge < -0.3 is 34.6 Å². The largest absolute Gasteiger partial charge is 0.472 e. The summed E-state index contributed by atoms with van der Waals surface area (Å²) in [7, 11) is -9.61. The highest BCUT2D eigenvalue weighted by atomic mass is 31.2. The van der Waals surface area contributed by atoms with Crippen LogP contribution in [-0.2, 0) is 46.3 Å². The van der Waals surface area contributed by atoms with E-state index in [9.17, 15) is 43.8 Å². The number of carbonyl (C=O) groups excluding carboxylic acids is 2. The third-order valence-corrected chi connectivity index (χ3v) is 10.1. The summed E-state index contributed by atoms with van der Waals surface area (Å²) in [5.41, 5.74) is 0. The standard InChI is InChI=1S/C47H74O15P2/c1-3-5-7-9-11-13-15-17-19-20-22-24-26-28-30-32-34-36-47(52)58-38-44(49)40-60-64(55,56)62-42-45(50)41-61-63(53,54)59-39-43(48)37-57-46(51)35-33-31-29-27-25-23-21-18-16-14-12-10-8-6-4-2/h5-22,24,26,43-45,48-50H,3-4,23,25,27-42H2,1-2H3,(H,53,54)(H,55,56)/b7-5-,8-6+,11-9+,12-10+,15-13+,16-14+,19-17-,21-18-,22-20+,26-24+. The maximum absolute atomic E-state index is 12.1. The molecule has 5 N–H and O–H groups in total. The van der Waals surface area contributed by atoms with E-state index in [1.165, 1.54) is 0 Å². The second-order valence-electron chi connectivity index (χ2n) is 14.2. The molecule has 0 aliphatic rings. The number of aliphatic hydroxyl groups excluding tert-OH is 3. The van der Waals surface area contributed by atoms with Crippen molar-refractivity contribution < 1.29 is 71.4 Å². The summed E-state index contributed by atoms with van der Waals surface area (Å²) < 4.78 is 52.8. The summed E-state index contributed by atoms with van der Waals surface area (Å²) in [4.78, 5) is 43.7. The molecule has 0 radical (unpaired) electrons. The Hall–Kier alpha value is -3.56. The van der Waals surface area contributed by atoms with Gasteiger partial charge in [0, 0.05) is 12.8 Å². The third kappa shape index (κ3) is 43.7. The summed E-state index contributed by atoms with van der Waals surface area (Å²) >= 11 is 0. The molecule has 0 saturated heterocycles. The zero-order chi connectivity index (χ0) is 47.4. The number of rotatable bonds is 40. The molecule has 64 heavy (non-hydrogen) atoms. The Morgan fingerprint density at radius 2 is 0.672 bits per heavy atom. The van der Waals surface area contributed by atoms with Crippen LogP contribution in [0, 0.1) is 0 Å². The van der Waals surface area contributed by atoms with E-state index in [4.69, 9.17) is 9.47 Å². The minimum absolute atomic E-state index is 0.137. The molecule has 5 unspecified atom stereocenters. The molecule has 0 aromatic carbocycles. The van der Waals surface area contributed by atoms with Crippen molar-refractivity contribution in [3.63, 3.8) is 0 Å². The fraction of sp³-hybridized carbons (Fsp3) is 0.532. The summed E-state index contributed by atoms with van der Waals surface area (Å²) in [5, 5.41) is 30.0. The first kappa shape index (κ1) is 60.4. The first-order valence-electron chi connectivity index (χ1n) is 22.0. The van der Waals surface area contributed by atoms with Crippen LogP contribution in [0.15, 0.2) is 122 Å². The van der Waals surface area contributed by atoms with Gasteiger partial charge in [0.05, 0.1) is 26.4 Å². The number of ether oxygens (including phenoxy) is 2. The Bertz CT molecular complexity index is 1610. The van der Waals surface area contributed by atoms with E-state index < -0.39 is 85.5 Å². The van der Waals surface area contributed by atoms with Crippen molar-refractivity contribution in [2.24, 2.45) is 0 Å². The van der Waals surface area contributed by atoms with E-state index in [1.807, 2.05) is 103 Å². The first-order valence-corrected chi connectivity index (χ1v) is 25.0. The summed E-state index contributed by atoms with van der Waals surface area (Å²) in [6.07, 6.45) is 46.2. The molecule has 0 aromatic rings. The van der Waals surface area contributed by atoms with Gasteiger partial charge in [-0.05, 0) is 51.4 Å². The smallest absolute Gasteiger partial charge is 0.463 e. The Morgan fingerprint density at radius 1 is 0.406 bits per heavy atom. The van der Waals surface area contributed by atoms with Gasteiger partial charge in [0.25, 0.3) is 0 Å². The SMILES string of the molecule is CC\C=C/C=C/C=C/C=C\C=C\C=C\CCCCCC(=O)OCC(O)COP(=O)(O)OCC(O)COP(=O)(O)OCC(O)COC(=O)CCCCCCC\C=C/C=C/C=C/C=C/CC. The van der Waals surface area contributed by atoms with Gasteiger partial charge in [0.2, 0.25) is 0 Å². The topological polar surface area (TPSA) is 225 Å². The summed E-state index contributed by atoms with van der Waals surface area (Å²) in [6, 6.07) is 0. The van der Waals surface area contributed by atoms with Gasteiger partial charge in [-0.1, -0.05) is 161 Å². The van der Waals surface area contributed by atoms with Crippen LogP contribution in [0.1, 0.15) is 104 Å². The van der Waals surface area contributed by atoms with Crippen LogP contribution >= 0.6 is 15.6 Å². The number of hydrogen-bond donors (Lipinski definition) is 5. The second-order valence-corrected chi connectivity index (χ2v) is 17.1. The van der Waals surface area contributed by atoms with Crippen molar-refractivity contribution in [1.82, 2.24) is 0 Å². The average Bonchev–Trinajstić information content (AvgIpc) is 3.27. The molecule has 0 saturated carbocycles. The predicted octanol–water partition coefficient (Wildman–Crippen LogP) is 9.49. The molecule has 0 aliphatic heterocycles. The summed E-state index contributed by atoms with van der Waals surface area (Å²) in [6.45, 7) is -0.00613. The molecule has 0 amide bonds. The molecule has 5 atom stereocenters. The van der Waals surface area contributed by atoms with Gasteiger partial charge in [-0.25, -0.2) is 9.13 Å². The second kappa shape index (κ2) is 42.1. The minimum atomic E-state index is -4.80. The molecule has 0 bridgehead atoms. The Labute approximate surface area is 381 Å². The van der Waals surface area contributed by atoms with Gasteiger partial charge in [-0.2, -0.15) is 0 Å². The van der Waals surface area contributed by atoms with Crippen LogP contribution in [0.3, 0.4) is 0 Å². The molecule has 362 valence electrons. The van der Waals surface area contributed by atoms with Crippen molar-refractivity contribution in [3.8, 4) is 0 Å². The fourth-order valence-electron chi connectivity index (χ4n) is 4.78. The highest BCUT2D eigenvalue weighted by molar-refractivity contribution is 7.47. The Kier molecular flexibility index (Phi) is 39.8. The number of aliphatic hydroxyl groups is 3. The highest BCUT2D eigenvalue weighted by Crippen LogP contribution is 2.45. The van der Waals surface area contributed by atoms with Gasteiger partial charge in [-0.15, -0.1) is 0 Å². The average molecular weight is 941 g/mol. The van der Waals surface area contributed by atoms with Crippen LogP contribution in [0.5, 0.6) is 0 Å². The number of unbranched alkanes of at least 4 members (excludes halogenated alkanes) is 8. The fourth-order valence-corrected chi connectivity index (χ4v) is 6.37. The molecule has 0 spiro atoms. The number of allylic oxidation sites excluding steroid dienone is 20. The molecule has 0 aliphatic carbocycles. The van der Waals surface area contributed by atoms with Gasteiger partial charge in [0.1, 0.15) is 31.5 Å². The van der Waals surface area contributed by atoms with Crippen molar-refractivity contribution in [2.75, 3.05) is 39.6 Å². The van der Waals surface area contributed by atoms with Crippen molar-refractivity contribution in [3.05, 3.63) is 122 Å². The lowest BCUT2D eigenvalue weighted by molar-refractivity contribution is -0.148. The third-order valence-electron chi connectivity index (χ3n) is 8.17. The van der Waals surface area contributed by atoms with Crippen molar-refractivity contribution in [1.29, 1.82) is 0 Å². The first-order chi connectivity index (χ1) is 30.8. The molecule has 0 aromatic heterocycles. The number of hydrogen-bond acceptors (Lipinski definition) is 13. The lowest BCUT2D eigenvalue weighted by Crippen LogP contribution is -2.25. The highest BCUT2D eigenvalue weighted by Gasteiger charge is 2.28. The van der Waals surface area contributed by atoms with Crippen LogP contribution in [-0.4, -0.2) is 95.0 Å². The van der Waals surface area contributed by atoms with E-state index >= 15 is 0 Å². The monoisotopic (exact) mass is 940 g/mol. The van der Waals surface area contributed by atoms with Crippen molar-refractivity contribution in [2.45, 2.75) is 122 Å². The molecule has 0 fully saturated rings. The van der Waals surface area contributed by atoms with Gasteiger partial charge >= 0.3 is 27.6 Å². The van der Waals surface area contributed by atoms with E-state index in [2.05, 4.69) is 50.2 Å². The lowest BCUT2D eigenvalue weighted by atomic mass is 10.1. The minimum Gasteiger partial charge on any atom is -0.463 e. The van der Waals surface area contributed by atoms with Crippen molar-refractivity contribution >= 4 is 27.6 Å². The quantitative estimate of drug-likeness (QED) is 0.0167. The molecular weight excluding hydrogens is 866 g/mol. The molecule has 15 nitrogen and oxygen atoms in total. The Balaban J connectivity index is 4.03. The number of phosphoric ester groups is 2. The normalized spacial score (nSPS) is 16.3. The number of carbonyl (C=O) groups is 2. The van der Waals surface area contributed by atoms with Gasteiger partial charge in [0.15, 0.2) is 0 Å². The van der Waals surface area contributed by atoms with E-state index in [0.29, 0.717) is 12.8 Å². The molecular formula is C47H74O15P2. The molecule has 17 heteroatoms. The van der Waals surface area contributed by atoms with Crippen LogP contribution in [0.4, 0.5) is 0 Å². The van der Waals surface area contributed by atoms with E-state index in [0.717, 1.165) is 64.2 Å². The number of esters is 2. The molecule has 0 rings (SSSR count). The number of phosphoric acid groups is 2. The maximum Gasteiger partial charge on any atom is 0.472 e. The van der Waals surface area contributed by atoms with E-state index in [-0.39, 0.29) is 12.8 Å². The zero-order valence-electron chi connectivity index (χ0n) is 37.6. The maximum atomic E-state index is 12.1. The van der Waals surface area contributed by atoms with Gasteiger partial charge in [-0.3, -0.25) is 27.7 Å². The van der Waals surface area contributed by atoms with Crippen LogP contribution in [0.25, 0.3) is 0 Å². The Morgan fingerprint density at radius 3 is 1.02 bits per heavy atom. The predicted molar refractivity (Wildman–Crippen MR) is 251 cm³/mol. The van der Waals surface area contributed by atoms with Crippen LogP contribution < -0.4 is 0 Å².